The van der Waals surface area contributed by atoms with E-state index >= 15 is 0 Å². The third-order valence-electron chi connectivity index (χ3n) is 11.4. The maximum absolute atomic E-state index is 14.0. The lowest BCUT2D eigenvalue weighted by Crippen LogP contribution is -2.37. The number of alkyl carbamates (subject to hydrolysis) is 1. The maximum atomic E-state index is 14.0. The molecule has 3 heterocycles. The molecule has 1 saturated carbocycles. The standard InChI is InChI=1S/C48H61N7O7/c1-30-39(20-21-40(52-30)42(57)25-33-22-23-55(28-33)46(60)62-48(5,6)7)34-12-8-31(9-13-34)24-37(44(58)53-38-18-16-36(17-19-38)43-50-29-51-54-43)26-41(56)35-14-10-32(11-15-35)27-49-45(59)61-47(2,3)4/h8-9,12-13,16-21,32-33,35,37H,10-11,14-15,22-29H2,1-7H3,(H,49,59)(H,53,58)/t32?,33-,35?,37-/m1/s1. The zero-order chi connectivity index (χ0) is 44.6. The average Bonchev–Trinajstić information content (AvgIpc) is 3.93. The molecule has 0 spiro atoms. The topological polar surface area (TPSA) is 181 Å². The molecule has 3 aromatic rings. The van der Waals surface area contributed by atoms with Crippen molar-refractivity contribution >= 4 is 41.2 Å². The number of anilines is 1. The van der Waals surface area contributed by atoms with Gasteiger partial charge in [-0.2, -0.15) is 5.11 Å². The highest BCUT2D eigenvalue weighted by atomic mass is 16.6. The number of nitrogens with zero attached hydrogens (tertiary/aromatic N) is 5. The van der Waals surface area contributed by atoms with E-state index in [0.717, 1.165) is 47.2 Å². The fourth-order valence-electron chi connectivity index (χ4n) is 8.21. The van der Waals surface area contributed by atoms with Crippen LogP contribution in [0.1, 0.15) is 114 Å². The van der Waals surface area contributed by atoms with Gasteiger partial charge in [-0.05, 0) is 140 Å². The summed E-state index contributed by atoms with van der Waals surface area (Å²) in [4.78, 5) is 76.4. The Bertz CT molecular complexity index is 2160. The number of hydrogen-bond acceptors (Lipinski definition) is 11. The zero-order valence-electron chi connectivity index (χ0n) is 37.2. The lowest BCUT2D eigenvalue weighted by molar-refractivity contribution is -0.129. The van der Waals surface area contributed by atoms with Gasteiger partial charge >= 0.3 is 12.2 Å². The van der Waals surface area contributed by atoms with Crippen molar-refractivity contribution in [2.45, 2.75) is 111 Å². The summed E-state index contributed by atoms with van der Waals surface area (Å²) in [6.45, 7) is 14.7. The van der Waals surface area contributed by atoms with E-state index in [1.54, 1.807) is 23.1 Å². The van der Waals surface area contributed by atoms with Crippen LogP contribution in [0.2, 0.25) is 0 Å². The van der Waals surface area contributed by atoms with Crippen LogP contribution >= 0.6 is 0 Å². The highest BCUT2D eigenvalue weighted by molar-refractivity contribution is 6.01. The molecule has 330 valence electrons. The van der Waals surface area contributed by atoms with Gasteiger partial charge in [0.05, 0.1) is 0 Å². The molecule has 6 rings (SSSR count). The highest BCUT2D eigenvalue weighted by Crippen LogP contribution is 2.32. The Morgan fingerprint density at radius 2 is 1.48 bits per heavy atom. The first-order chi connectivity index (χ1) is 29.4. The Morgan fingerprint density at radius 1 is 0.806 bits per heavy atom. The number of aromatic nitrogens is 1. The molecule has 62 heavy (non-hydrogen) atoms. The van der Waals surface area contributed by atoms with E-state index in [0.29, 0.717) is 69.2 Å². The lowest BCUT2D eigenvalue weighted by atomic mass is 9.77. The van der Waals surface area contributed by atoms with Crippen molar-refractivity contribution in [2.24, 2.45) is 38.9 Å². The minimum absolute atomic E-state index is 0.0471. The molecule has 2 N–H and O–H groups in total. The Hall–Kier alpha value is -5.79. The van der Waals surface area contributed by atoms with Gasteiger partial charge in [0.1, 0.15) is 22.7 Å². The van der Waals surface area contributed by atoms with Crippen LogP contribution in [-0.4, -0.2) is 82.9 Å². The number of aliphatic imine (C=N–C) groups is 1. The molecule has 0 bridgehead atoms. The van der Waals surface area contributed by atoms with Crippen LogP contribution in [0.25, 0.3) is 11.1 Å². The quantitative estimate of drug-likeness (QED) is 0.151. The van der Waals surface area contributed by atoms with Crippen LogP contribution in [0, 0.1) is 30.6 Å². The monoisotopic (exact) mass is 847 g/mol. The van der Waals surface area contributed by atoms with Crippen LogP contribution in [-0.2, 0) is 25.5 Å². The van der Waals surface area contributed by atoms with E-state index in [9.17, 15) is 24.0 Å². The second-order valence-corrected chi connectivity index (χ2v) is 18.8. The molecular formula is C48H61N7O7. The van der Waals surface area contributed by atoms with Gasteiger partial charge in [-0.25, -0.2) is 19.6 Å². The van der Waals surface area contributed by atoms with E-state index in [4.69, 9.17) is 9.47 Å². The fourth-order valence-corrected chi connectivity index (χ4v) is 8.21. The summed E-state index contributed by atoms with van der Waals surface area (Å²) in [5, 5.41) is 13.9. The van der Waals surface area contributed by atoms with Crippen molar-refractivity contribution in [1.82, 2.24) is 15.2 Å². The minimum Gasteiger partial charge on any atom is -0.444 e. The van der Waals surface area contributed by atoms with Gasteiger partial charge in [0.15, 0.2) is 18.3 Å². The Kier molecular flexibility index (Phi) is 14.7. The second-order valence-electron chi connectivity index (χ2n) is 18.8. The van der Waals surface area contributed by atoms with Crippen LogP contribution in [0.5, 0.6) is 0 Å². The summed E-state index contributed by atoms with van der Waals surface area (Å²) in [5.74, 6) is -0.128. The molecule has 2 aliphatic heterocycles. The van der Waals surface area contributed by atoms with Gasteiger partial charge < -0.3 is 25.0 Å². The number of benzene rings is 2. The molecule has 2 aromatic carbocycles. The number of hydrogen-bond donors (Lipinski definition) is 2. The third-order valence-corrected chi connectivity index (χ3v) is 11.4. The summed E-state index contributed by atoms with van der Waals surface area (Å²) in [6.07, 6.45) is 3.74. The number of aryl methyl sites for hydroxylation is 1. The number of amides is 3. The number of Topliss-reactive ketones (excluding diaryl/α,β-unsaturated/α-hetero) is 2. The van der Waals surface area contributed by atoms with E-state index < -0.39 is 23.2 Å². The molecule has 14 heteroatoms. The highest BCUT2D eigenvalue weighted by Gasteiger charge is 2.33. The first-order valence-electron chi connectivity index (χ1n) is 21.8. The Morgan fingerprint density at radius 3 is 2.11 bits per heavy atom. The molecule has 2 atom stereocenters. The molecule has 14 nitrogen and oxygen atoms in total. The smallest absolute Gasteiger partial charge is 0.410 e. The summed E-state index contributed by atoms with van der Waals surface area (Å²) in [5.41, 5.74) is 4.10. The number of carbonyl (C=O) groups excluding carboxylic acids is 5. The van der Waals surface area contributed by atoms with Gasteiger partial charge in [0.25, 0.3) is 0 Å². The molecule has 0 unspecified atom stereocenters. The van der Waals surface area contributed by atoms with Crippen molar-refractivity contribution in [3.63, 3.8) is 0 Å². The van der Waals surface area contributed by atoms with Crippen molar-refractivity contribution < 1.29 is 33.4 Å². The van der Waals surface area contributed by atoms with Crippen molar-refractivity contribution in [2.75, 3.05) is 31.6 Å². The van der Waals surface area contributed by atoms with Gasteiger partial charge in [-0.1, -0.05) is 30.3 Å². The summed E-state index contributed by atoms with van der Waals surface area (Å²) < 4.78 is 10.9. The number of rotatable bonds is 14. The number of ether oxygens (including phenoxy) is 2. The Balaban J connectivity index is 1.08. The molecule has 1 aliphatic carbocycles. The van der Waals surface area contributed by atoms with Gasteiger partial charge in [-0.15, -0.1) is 5.11 Å². The van der Waals surface area contributed by atoms with Gasteiger partial charge in [0.2, 0.25) is 5.91 Å². The summed E-state index contributed by atoms with van der Waals surface area (Å²) in [6, 6.07) is 18.9. The maximum Gasteiger partial charge on any atom is 0.410 e. The van der Waals surface area contributed by atoms with Crippen LogP contribution in [0.3, 0.4) is 0 Å². The number of amidine groups is 1. The molecular weight excluding hydrogens is 787 g/mol. The summed E-state index contributed by atoms with van der Waals surface area (Å²) in [7, 11) is 0. The second kappa shape index (κ2) is 19.9. The van der Waals surface area contributed by atoms with E-state index in [1.807, 2.05) is 90.9 Å². The number of nitrogens with one attached hydrogen (secondary N) is 2. The van der Waals surface area contributed by atoms with Crippen molar-refractivity contribution in [1.29, 1.82) is 0 Å². The SMILES string of the molecule is Cc1nc(C(=O)C[C@H]2CCN(C(=O)OC(C)(C)C)C2)ccc1-c1ccc(C[C@H](CC(=O)C2CCC(CNC(=O)OC(C)(C)C)CC2)C(=O)Nc2ccc(C3=NCN=N3)cc2)cc1. The first kappa shape index (κ1) is 45.7. The largest absolute Gasteiger partial charge is 0.444 e. The summed E-state index contributed by atoms with van der Waals surface area (Å²) >= 11 is 0. The Labute approximate surface area is 364 Å². The number of likely N-dealkylation sites (tertiary alicyclic amines) is 1. The number of azo groups is 1. The molecule has 1 aromatic heterocycles. The van der Waals surface area contributed by atoms with E-state index in [1.165, 1.54) is 0 Å². The number of ketones is 2. The van der Waals surface area contributed by atoms with Crippen molar-refractivity contribution in [3.8, 4) is 11.1 Å². The predicted molar refractivity (Wildman–Crippen MR) is 237 cm³/mol. The average molecular weight is 848 g/mol. The van der Waals surface area contributed by atoms with Crippen molar-refractivity contribution in [3.05, 3.63) is 83.2 Å². The van der Waals surface area contributed by atoms with Crippen LogP contribution < -0.4 is 10.6 Å². The fraction of sp³-hybridized carbons (Fsp3) is 0.521. The zero-order valence-corrected chi connectivity index (χ0v) is 37.2. The normalized spacial score (nSPS) is 19.4. The first-order valence-corrected chi connectivity index (χ1v) is 21.8. The molecule has 1 saturated heterocycles. The van der Waals surface area contributed by atoms with Crippen LogP contribution in [0.15, 0.2) is 75.9 Å². The van der Waals surface area contributed by atoms with Gasteiger partial charge in [0, 0.05) is 66.8 Å². The van der Waals surface area contributed by atoms with Gasteiger partial charge in [-0.3, -0.25) is 14.4 Å². The molecule has 3 aliphatic rings. The third kappa shape index (κ3) is 13.1. The van der Waals surface area contributed by atoms with E-state index in [-0.39, 0.29) is 47.7 Å². The van der Waals surface area contributed by atoms with E-state index in [2.05, 4.69) is 30.8 Å². The molecule has 3 amide bonds. The minimum atomic E-state index is -0.614. The molecule has 0 radical (unpaired) electrons. The van der Waals surface area contributed by atoms with Crippen LogP contribution in [0.4, 0.5) is 15.3 Å². The predicted octanol–water partition coefficient (Wildman–Crippen LogP) is 9.14. The molecule has 2 fully saturated rings. The lowest BCUT2D eigenvalue weighted by Gasteiger charge is -2.29. The number of pyridine rings is 1. The number of carbonyl (C=O) groups is 5.